The van der Waals surface area contributed by atoms with Crippen molar-refractivity contribution in [2.24, 2.45) is 5.92 Å². The lowest BCUT2D eigenvalue weighted by atomic mass is 10.2. The molecule has 1 N–H and O–H groups in total. The Kier molecular flexibility index (Phi) is 5.15. The summed E-state index contributed by atoms with van der Waals surface area (Å²) < 4.78 is 5.78. The van der Waals surface area contributed by atoms with Gasteiger partial charge in [-0.15, -0.1) is 0 Å². The fourth-order valence-electron chi connectivity index (χ4n) is 1.28. The van der Waals surface area contributed by atoms with Crippen LogP contribution in [0.4, 0.5) is 0 Å². The monoisotopic (exact) mass is 315 g/mol. The van der Waals surface area contributed by atoms with Crippen molar-refractivity contribution >= 4 is 33.9 Å². The van der Waals surface area contributed by atoms with Crippen LogP contribution in [0, 0.1) is 5.92 Å². The Balaban J connectivity index is 2.54. The number of furan rings is 1. The number of hydrogen-bond donors (Lipinski definition) is 1. The fourth-order valence-corrected chi connectivity index (χ4v) is 1.60. The van der Waals surface area contributed by atoms with Gasteiger partial charge in [-0.2, -0.15) is 0 Å². The second-order valence-corrected chi connectivity index (χ2v) is 4.71. The number of carbonyl (C=O) groups excluding carboxylic acids is 1. The van der Waals surface area contributed by atoms with Gasteiger partial charge in [0.05, 0.1) is 5.92 Å². The first-order valence-corrected chi connectivity index (χ1v) is 6.10. The van der Waals surface area contributed by atoms with Crippen LogP contribution in [0.1, 0.15) is 12.7 Å². The Hall–Kier alpha value is -1.56. The lowest BCUT2D eigenvalue weighted by Gasteiger charge is -2.17. The number of nitrogens with zero attached hydrogens (tertiary/aromatic N) is 1. The average Bonchev–Trinajstić information content (AvgIpc) is 2.71. The number of carbonyl (C=O) groups is 2. The maximum absolute atomic E-state index is 11.7. The largest absolute Gasteiger partial charge is 0.481 e. The van der Waals surface area contributed by atoms with Crippen LogP contribution in [0.25, 0.3) is 6.08 Å². The minimum atomic E-state index is -0.923. The quantitative estimate of drug-likeness (QED) is 0.846. The molecule has 0 saturated carbocycles. The van der Waals surface area contributed by atoms with E-state index in [0.717, 1.165) is 0 Å². The summed E-state index contributed by atoms with van der Waals surface area (Å²) in [5.74, 6) is -1.23. The highest BCUT2D eigenvalue weighted by Crippen LogP contribution is 2.15. The van der Waals surface area contributed by atoms with Crippen molar-refractivity contribution in [3.8, 4) is 0 Å². The van der Waals surface area contributed by atoms with E-state index in [1.807, 2.05) is 0 Å². The van der Waals surface area contributed by atoms with E-state index < -0.39 is 11.9 Å². The lowest BCUT2D eigenvalue weighted by molar-refractivity contribution is -0.142. The van der Waals surface area contributed by atoms with Crippen molar-refractivity contribution in [3.05, 3.63) is 28.6 Å². The van der Waals surface area contributed by atoms with Gasteiger partial charge in [0.2, 0.25) is 5.91 Å². The molecule has 6 heteroatoms. The minimum Gasteiger partial charge on any atom is -0.481 e. The van der Waals surface area contributed by atoms with E-state index in [1.54, 1.807) is 26.1 Å². The van der Waals surface area contributed by atoms with Crippen LogP contribution in [0.3, 0.4) is 0 Å². The van der Waals surface area contributed by atoms with E-state index in [9.17, 15) is 9.59 Å². The first-order valence-electron chi connectivity index (χ1n) is 5.31. The van der Waals surface area contributed by atoms with Gasteiger partial charge in [0.25, 0.3) is 0 Å². The summed E-state index contributed by atoms with van der Waals surface area (Å²) in [4.78, 5) is 23.7. The van der Waals surface area contributed by atoms with Gasteiger partial charge in [-0.25, -0.2) is 0 Å². The van der Waals surface area contributed by atoms with E-state index in [2.05, 4.69) is 15.9 Å². The molecular formula is C12H14BrNO4. The molecule has 0 aliphatic heterocycles. The standard InChI is InChI=1S/C12H14BrNO4/c1-8(12(16)17)7-14(2)11(15)6-4-9-3-5-10(13)18-9/h3-6,8H,7H2,1-2H3,(H,16,17)/b6-4+. The highest BCUT2D eigenvalue weighted by atomic mass is 79.9. The first-order chi connectivity index (χ1) is 8.40. The molecule has 0 saturated heterocycles. The predicted molar refractivity (Wildman–Crippen MR) is 69.9 cm³/mol. The molecule has 1 heterocycles. The van der Waals surface area contributed by atoms with E-state index in [-0.39, 0.29) is 12.5 Å². The molecule has 1 unspecified atom stereocenters. The van der Waals surface area contributed by atoms with Crippen molar-refractivity contribution in [3.63, 3.8) is 0 Å². The summed E-state index contributed by atoms with van der Waals surface area (Å²) in [6, 6.07) is 3.44. The molecule has 1 aromatic rings. The summed E-state index contributed by atoms with van der Waals surface area (Å²) in [5.41, 5.74) is 0. The molecule has 0 aliphatic rings. The summed E-state index contributed by atoms with van der Waals surface area (Å²) in [6.07, 6.45) is 2.88. The second kappa shape index (κ2) is 6.39. The van der Waals surface area contributed by atoms with Crippen molar-refractivity contribution in [1.82, 2.24) is 4.90 Å². The summed E-state index contributed by atoms with van der Waals surface area (Å²) in [5, 5.41) is 8.75. The van der Waals surface area contributed by atoms with Crippen molar-refractivity contribution < 1.29 is 19.1 Å². The maximum Gasteiger partial charge on any atom is 0.308 e. The van der Waals surface area contributed by atoms with Crippen LogP contribution >= 0.6 is 15.9 Å². The molecule has 5 nitrogen and oxygen atoms in total. The molecule has 1 rings (SSSR count). The van der Waals surface area contributed by atoms with Gasteiger partial charge in [0, 0.05) is 19.7 Å². The van der Waals surface area contributed by atoms with E-state index >= 15 is 0 Å². The molecule has 0 aliphatic carbocycles. The number of aliphatic carboxylic acids is 1. The maximum atomic E-state index is 11.7. The van der Waals surface area contributed by atoms with Gasteiger partial charge >= 0.3 is 5.97 Å². The smallest absolute Gasteiger partial charge is 0.308 e. The van der Waals surface area contributed by atoms with Gasteiger partial charge in [-0.05, 0) is 34.1 Å². The van der Waals surface area contributed by atoms with Crippen LogP contribution in [0.2, 0.25) is 0 Å². The Labute approximate surface area is 113 Å². The highest BCUT2D eigenvalue weighted by molar-refractivity contribution is 9.10. The van der Waals surface area contributed by atoms with Crippen LogP contribution in [-0.2, 0) is 9.59 Å². The Morgan fingerprint density at radius 3 is 2.72 bits per heavy atom. The van der Waals surface area contributed by atoms with Gasteiger partial charge in [0.1, 0.15) is 5.76 Å². The Morgan fingerprint density at radius 1 is 1.56 bits per heavy atom. The van der Waals surface area contributed by atoms with Gasteiger partial charge in [-0.3, -0.25) is 9.59 Å². The molecule has 1 atom stereocenters. The van der Waals surface area contributed by atoms with Crippen molar-refractivity contribution in [2.75, 3.05) is 13.6 Å². The van der Waals surface area contributed by atoms with Crippen LogP contribution in [-0.4, -0.2) is 35.5 Å². The second-order valence-electron chi connectivity index (χ2n) is 3.93. The molecule has 1 amide bonds. The summed E-state index contributed by atoms with van der Waals surface area (Å²) >= 11 is 3.16. The van der Waals surface area contributed by atoms with E-state index in [1.165, 1.54) is 17.1 Å². The average molecular weight is 316 g/mol. The number of amides is 1. The Morgan fingerprint density at radius 2 is 2.22 bits per heavy atom. The fraction of sp³-hybridized carbons (Fsp3) is 0.333. The zero-order chi connectivity index (χ0) is 13.7. The van der Waals surface area contributed by atoms with E-state index in [4.69, 9.17) is 9.52 Å². The summed E-state index contributed by atoms with van der Waals surface area (Å²) in [7, 11) is 1.56. The number of halogens is 1. The third kappa shape index (κ3) is 4.37. The molecule has 98 valence electrons. The molecule has 0 fully saturated rings. The normalized spacial score (nSPS) is 12.6. The number of carboxylic acids is 1. The molecule has 1 aromatic heterocycles. The topological polar surface area (TPSA) is 70.8 Å². The van der Waals surface area contributed by atoms with Gasteiger partial charge in [-0.1, -0.05) is 6.92 Å². The molecular weight excluding hydrogens is 302 g/mol. The van der Waals surface area contributed by atoms with E-state index in [0.29, 0.717) is 10.4 Å². The van der Waals surface area contributed by atoms with Gasteiger partial charge < -0.3 is 14.4 Å². The SMILES string of the molecule is CC(CN(C)C(=O)/C=C/c1ccc(Br)o1)C(=O)O. The van der Waals surface area contributed by atoms with Crippen molar-refractivity contribution in [1.29, 1.82) is 0 Å². The van der Waals surface area contributed by atoms with Crippen LogP contribution in [0.5, 0.6) is 0 Å². The lowest BCUT2D eigenvalue weighted by Crippen LogP contribution is -2.32. The minimum absolute atomic E-state index is 0.167. The number of carboxylic acid groups (broad SMARTS) is 1. The van der Waals surface area contributed by atoms with Crippen LogP contribution < -0.4 is 0 Å². The predicted octanol–water partition coefficient (Wildman–Crippen LogP) is 2.23. The molecule has 0 spiro atoms. The van der Waals surface area contributed by atoms with Crippen molar-refractivity contribution in [2.45, 2.75) is 6.92 Å². The summed E-state index contributed by atoms with van der Waals surface area (Å²) in [6.45, 7) is 1.72. The number of hydrogen-bond acceptors (Lipinski definition) is 3. The Bertz CT molecular complexity index is 466. The molecule has 0 radical (unpaired) electrons. The molecule has 18 heavy (non-hydrogen) atoms. The zero-order valence-electron chi connectivity index (χ0n) is 10.1. The molecule has 0 aromatic carbocycles. The third-order valence-corrected chi connectivity index (χ3v) is 2.76. The zero-order valence-corrected chi connectivity index (χ0v) is 11.7. The number of likely N-dealkylation sites (N-methyl/N-ethyl adjacent to an activating group) is 1. The van der Waals surface area contributed by atoms with Crippen LogP contribution in [0.15, 0.2) is 27.3 Å². The highest BCUT2D eigenvalue weighted by Gasteiger charge is 2.15. The molecule has 0 bridgehead atoms. The number of rotatable bonds is 5. The van der Waals surface area contributed by atoms with Gasteiger partial charge in [0.15, 0.2) is 4.67 Å². The first kappa shape index (κ1) is 14.5. The third-order valence-electron chi connectivity index (χ3n) is 2.33.